The van der Waals surface area contributed by atoms with Gasteiger partial charge in [0.15, 0.2) is 0 Å². The molecule has 13 heavy (non-hydrogen) atoms. The van der Waals surface area contributed by atoms with Gasteiger partial charge >= 0.3 is 11.2 Å². The SMILES string of the molecule is CCCCS(=O)(=O)C(F)(F)C(=O)O. The molecule has 0 spiro atoms. The number of carboxylic acids is 1. The number of alkyl halides is 2. The van der Waals surface area contributed by atoms with Crippen LogP contribution < -0.4 is 0 Å². The van der Waals surface area contributed by atoms with Crippen molar-refractivity contribution in [2.45, 2.75) is 25.0 Å². The van der Waals surface area contributed by atoms with Crippen LogP contribution in [0.4, 0.5) is 8.78 Å². The number of carboxylic acid groups (broad SMARTS) is 1. The average molecular weight is 216 g/mol. The quantitative estimate of drug-likeness (QED) is 0.740. The predicted molar refractivity (Wildman–Crippen MR) is 41.3 cm³/mol. The Morgan fingerprint density at radius 3 is 2.23 bits per heavy atom. The van der Waals surface area contributed by atoms with Gasteiger partial charge in [-0.1, -0.05) is 13.3 Å². The zero-order chi connectivity index (χ0) is 10.7. The average Bonchev–Trinajstić information content (AvgIpc) is 2.00. The molecule has 0 aliphatic heterocycles. The molecular formula is C6H10F2O4S. The smallest absolute Gasteiger partial charge is 0.439 e. The maximum absolute atomic E-state index is 12.5. The van der Waals surface area contributed by atoms with Gasteiger partial charge in [0.25, 0.3) is 0 Å². The first-order valence-electron chi connectivity index (χ1n) is 3.59. The van der Waals surface area contributed by atoms with Crippen LogP contribution in [-0.4, -0.2) is 30.5 Å². The Morgan fingerprint density at radius 2 is 1.92 bits per heavy atom. The van der Waals surface area contributed by atoms with Crippen LogP contribution in [0.25, 0.3) is 0 Å². The van der Waals surface area contributed by atoms with Gasteiger partial charge < -0.3 is 5.11 Å². The van der Waals surface area contributed by atoms with E-state index in [0.717, 1.165) is 0 Å². The first-order valence-corrected chi connectivity index (χ1v) is 5.24. The van der Waals surface area contributed by atoms with Gasteiger partial charge in [-0.05, 0) is 6.42 Å². The van der Waals surface area contributed by atoms with Gasteiger partial charge in [0.05, 0.1) is 5.75 Å². The number of halogens is 2. The molecule has 0 atom stereocenters. The Morgan fingerprint density at radius 1 is 1.46 bits per heavy atom. The Balaban J connectivity index is 4.73. The third-order valence-electron chi connectivity index (χ3n) is 1.41. The summed E-state index contributed by atoms with van der Waals surface area (Å²) in [6.07, 6.45) is 0.445. The van der Waals surface area contributed by atoms with E-state index < -0.39 is 26.8 Å². The lowest BCUT2D eigenvalue weighted by molar-refractivity contribution is -0.153. The number of hydrogen-bond acceptors (Lipinski definition) is 3. The van der Waals surface area contributed by atoms with E-state index in [4.69, 9.17) is 5.11 Å². The van der Waals surface area contributed by atoms with Gasteiger partial charge in [-0.15, -0.1) is 0 Å². The van der Waals surface area contributed by atoms with Crippen molar-refractivity contribution in [3.63, 3.8) is 0 Å². The van der Waals surface area contributed by atoms with E-state index in [2.05, 4.69) is 0 Å². The number of carbonyl (C=O) groups is 1. The van der Waals surface area contributed by atoms with Gasteiger partial charge in [0.1, 0.15) is 0 Å². The molecule has 0 fully saturated rings. The molecule has 0 amide bonds. The van der Waals surface area contributed by atoms with Crippen molar-refractivity contribution >= 4 is 15.8 Å². The zero-order valence-electron chi connectivity index (χ0n) is 6.96. The molecule has 0 aliphatic carbocycles. The van der Waals surface area contributed by atoms with Gasteiger partial charge in [-0.25, -0.2) is 13.2 Å². The fourth-order valence-electron chi connectivity index (χ4n) is 0.596. The van der Waals surface area contributed by atoms with Crippen LogP contribution in [0.15, 0.2) is 0 Å². The predicted octanol–water partition coefficient (Wildman–Crippen LogP) is 0.879. The van der Waals surface area contributed by atoms with Crippen molar-refractivity contribution in [3.05, 3.63) is 0 Å². The topological polar surface area (TPSA) is 71.4 Å². The maximum atomic E-state index is 12.5. The second kappa shape index (κ2) is 3.99. The monoisotopic (exact) mass is 216 g/mol. The molecule has 0 aliphatic rings. The fourth-order valence-corrected chi connectivity index (χ4v) is 1.79. The minimum atomic E-state index is -4.85. The summed E-state index contributed by atoms with van der Waals surface area (Å²) in [7, 11) is -4.85. The summed E-state index contributed by atoms with van der Waals surface area (Å²) in [5.41, 5.74) is 0. The van der Waals surface area contributed by atoms with Gasteiger partial charge in [0.2, 0.25) is 9.84 Å². The Labute approximate surface area is 74.5 Å². The van der Waals surface area contributed by atoms with Gasteiger partial charge in [-0.3, -0.25) is 0 Å². The number of aliphatic carboxylic acids is 1. The maximum Gasteiger partial charge on any atom is 0.439 e. The molecule has 78 valence electrons. The lowest BCUT2D eigenvalue weighted by Crippen LogP contribution is -2.39. The lowest BCUT2D eigenvalue weighted by Gasteiger charge is -2.11. The third kappa shape index (κ3) is 2.61. The summed E-state index contributed by atoms with van der Waals surface area (Å²) in [5, 5.41) is 3.28. The first-order chi connectivity index (χ1) is 5.75. The van der Waals surface area contributed by atoms with E-state index in [-0.39, 0.29) is 6.42 Å². The minimum Gasteiger partial charge on any atom is -0.476 e. The number of sulfone groups is 1. The zero-order valence-corrected chi connectivity index (χ0v) is 7.77. The van der Waals surface area contributed by atoms with Crippen LogP contribution in [0.2, 0.25) is 0 Å². The second-order valence-electron chi connectivity index (χ2n) is 2.49. The van der Waals surface area contributed by atoms with Crippen molar-refractivity contribution in [2.24, 2.45) is 0 Å². The second-order valence-corrected chi connectivity index (χ2v) is 4.64. The molecule has 7 heteroatoms. The summed E-state index contributed by atoms with van der Waals surface area (Å²) in [6, 6.07) is 0. The summed E-state index contributed by atoms with van der Waals surface area (Å²) in [6.45, 7) is 1.62. The van der Waals surface area contributed by atoms with Crippen molar-refractivity contribution in [1.29, 1.82) is 0 Å². The molecule has 0 bridgehead atoms. The fraction of sp³-hybridized carbons (Fsp3) is 0.833. The van der Waals surface area contributed by atoms with E-state index in [1.54, 1.807) is 6.92 Å². The molecule has 0 saturated heterocycles. The number of unbranched alkanes of at least 4 members (excludes halogenated alkanes) is 1. The van der Waals surface area contributed by atoms with Crippen LogP contribution in [0.5, 0.6) is 0 Å². The number of rotatable bonds is 5. The summed E-state index contributed by atoms with van der Waals surface area (Å²) < 4.78 is 46.4. The summed E-state index contributed by atoms with van der Waals surface area (Å²) in [5.74, 6) is -3.42. The molecule has 0 rings (SSSR count). The van der Waals surface area contributed by atoms with Crippen LogP contribution in [0.1, 0.15) is 19.8 Å². The summed E-state index contributed by atoms with van der Waals surface area (Å²) in [4.78, 5) is 9.90. The Kier molecular flexibility index (Phi) is 3.77. The van der Waals surface area contributed by atoms with Crippen molar-refractivity contribution in [3.8, 4) is 0 Å². The van der Waals surface area contributed by atoms with Crippen LogP contribution in [0.3, 0.4) is 0 Å². The molecule has 0 unspecified atom stereocenters. The highest BCUT2D eigenvalue weighted by Gasteiger charge is 2.52. The first kappa shape index (κ1) is 12.3. The van der Waals surface area contributed by atoms with Gasteiger partial charge in [-0.2, -0.15) is 8.78 Å². The lowest BCUT2D eigenvalue weighted by atomic mass is 10.4. The van der Waals surface area contributed by atoms with Crippen LogP contribution in [-0.2, 0) is 14.6 Å². The molecule has 0 saturated carbocycles. The largest absolute Gasteiger partial charge is 0.476 e. The van der Waals surface area contributed by atoms with E-state index in [1.807, 2.05) is 0 Å². The van der Waals surface area contributed by atoms with Crippen molar-refractivity contribution in [1.82, 2.24) is 0 Å². The standard InChI is InChI=1S/C6H10F2O4S/c1-2-3-4-13(11,12)6(7,8)5(9)10/h2-4H2,1H3,(H,9,10). The Hall–Kier alpha value is -0.720. The normalized spacial score (nSPS) is 12.8. The van der Waals surface area contributed by atoms with E-state index in [0.29, 0.717) is 6.42 Å². The van der Waals surface area contributed by atoms with E-state index >= 15 is 0 Å². The van der Waals surface area contributed by atoms with Crippen molar-refractivity contribution in [2.75, 3.05) is 5.75 Å². The third-order valence-corrected chi connectivity index (χ3v) is 3.19. The molecule has 0 heterocycles. The molecule has 0 radical (unpaired) electrons. The summed E-state index contributed by atoms with van der Waals surface area (Å²) >= 11 is 0. The molecule has 0 aromatic carbocycles. The minimum absolute atomic E-state index is 0.0329. The van der Waals surface area contributed by atoms with Crippen molar-refractivity contribution < 1.29 is 27.1 Å². The molecule has 1 N–H and O–H groups in total. The highest BCUT2D eigenvalue weighted by Crippen LogP contribution is 2.23. The van der Waals surface area contributed by atoms with Crippen LogP contribution >= 0.6 is 0 Å². The van der Waals surface area contributed by atoms with E-state index in [9.17, 15) is 22.0 Å². The molecule has 0 aromatic rings. The Bertz CT molecular complexity index is 283. The number of hydrogen-bond donors (Lipinski definition) is 1. The van der Waals surface area contributed by atoms with E-state index in [1.165, 1.54) is 0 Å². The van der Waals surface area contributed by atoms with Crippen LogP contribution in [0, 0.1) is 0 Å². The highest BCUT2D eigenvalue weighted by molar-refractivity contribution is 7.93. The molecule has 4 nitrogen and oxygen atoms in total. The van der Waals surface area contributed by atoms with Gasteiger partial charge in [0, 0.05) is 0 Å². The highest BCUT2D eigenvalue weighted by atomic mass is 32.2. The molecule has 0 aromatic heterocycles. The molecular weight excluding hydrogens is 206 g/mol.